The Bertz CT molecular complexity index is 1080. The van der Waals surface area contributed by atoms with E-state index in [0.717, 1.165) is 5.56 Å². The molecule has 31 heavy (non-hydrogen) atoms. The summed E-state index contributed by atoms with van der Waals surface area (Å²) in [7, 11) is 0. The quantitative estimate of drug-likeness (QED) is 0.432. The summed E-state index contributed by atoms with van der Waals surface area (Å²) in [4.78, 5) is 14.5. The van der Waals surface area contributed by atoms with Gasteiger partial charge in [0.05, 0.1) is 18.1 Å². The van der Waals surface area contributed by atoms with Gasteiger partial charge < -0.3 is 15.1 Å². The van der Waals surface area contributed by atoms with Crippen LogP contribution in [0.25, 0.3) is 0 Å². The Balaban J connectivity index is 1.54. The van der Waals surface area contributed by atoms with Crippen LogP contribution in [0.5, 0.6) is 5.75 Å². The topological polar surface area (TPSA) is 60.8 Å². The number of aliphatic hydroxyl groups excluding tert-OH is 1. The molecular formula is C25H21F2NO3. The van der Waals surface area contributed by atoms with Gasteiger partial charge in [0.2, 0.25) is 5.91 Å². The summed E-state index contributed by atoms with van der Waals surface area (Å²) in [6, 6.07) is 17.6. The third-order valence-electron chi connectivity index (χ3n) is 5.44. The normalized spacial score (nSPS) is 19.5. The highest BCUT2D eigenvalue weighted by Gasteiger charge is 2.47. The largest absolute Gasteiger partial charge is 0.508 e. The third kappa shape index (κ3) is 4.34. The number of carbonyl (C=O) groups is 1. The Hall–Kier alpha value is -3.51. The van der Waals surface area contributed by atoms with Gasteiger partial charge in [-0.2, -0.15) is 0 Å². The number of aromatic hydroxyl groups is 1. The van der Waals surface area contributed by atoms with E-state index in [1.165, 1.54) is 36.4 Å². The number of halogens is 2. The standard InChI is InChI=1S/C25H21F2NO3/c26-18-8-4-16(5-9-18)23(30)3-1-2-22-24(17-6-14-21(29)15-7-17)28(25(22)31)20-12-10-19(27)11-13-20/h1-2,4-15,22-24,29-30H,3H2/b2-1+/t22-,23+,24-/m1/s1. The third-order valence-corrected chi connectivity index (χ3v) is 5.44. The number of rotatable bonds is 6. The molecule has 158 valence electrons. The molecule has 1 fully saturated rings. The lowest BCUT2D eigenvalue weighted by Gasteiger charge is -2.46. The predicted octanol–water partition coefficient (Wildman–Crippen LogP) is 5.05. The van der Waals surface area contributed by atoms with Crippen LogP contribution in [0.1, 0.15) is 29.7 Å². The minimum absolute atomic E-state index is 0.122. The second-order valence-corrected chi connectivity index (χ2v) is 7.48. The van der Waals surface area contributed by atoms with Crippen LogP contribution < -0.4 is 4.90 Å². The fraction of sp³-hybridized carbons (Fsp3) is 0.160. The van der Waals surface area contributed by atoms with Crippen molar-refractivity contribution in [2.24, 2.45) is 5.92 Å². The molecule has 0 radical (unpaired) electrons. The number of amides is 1. The SMILES string of the molecule is O=C1[C@H](/C=C/C[C@H](O)c2ccc(F)cc2)[C@@H](c2ccc(O)cc2)N1c1ccc(F)cc1. The average molecular weight is 421 g/mol. The molecule has 0 aliphatic carbocycles. The number of hydrogen-bond acceptors (Lipinski definition) is 3. The van der Waals surface area contributed by atoms with Crippen molar-refractivity contribution in [1.82, 2.24) is 0 Å². The van der Waals surface area contributed by atoms with E-state index in [2.05, 4.69) is 0 Å². The number of benzene rings is 3. The van der Waals surface area contributed by atoms with Crippen molar-refractivity contribution < 1.29 is 23.8 Å². The summed E-state index contributed by atoms with van der Waals surface area (Å²) in [6.07, 6.45) is 2.96. The van der Waals surface area contributed by atoms with Gasteiger partial charge in [0, 0.05) is 5.69 Å². The maximum absolute atomic E-state index is 13.3. The van der Waals surface area contributed by atoms with Crippen molar-refractivity contribution in [2.45, 2.75) is 18.6 Å². The highest BCUT2D eigenvalue weighted by Crippen LogP contribution is 2.44. The van der Waals surface area contributed by atoms with Crippen LogP contribution in [0.3, 0.4) is 0 Å². The first-order valence-corrected chi connectivity index (χ1v) is 9.92. The van der Waals surface area contributed by atoms with Gasteiger partial charge in [-0.05, 0) is 66.1 Å². The van der Waals surface area contributed by atoms with E-state index >= 15 is 0 Å². The lowest BCUT2D eigenvalue weighted by molar-refractivity contribution is -0.128. The molecule has 1 aliphatic rings. The maximum atomic E-state index is 13.3. The van der Waals surface area contributed by atoms with E-state index in [0.29, 0.717) is 11.3 Å². The minimum atomic E-state index is -0.813. The molecule has 1 amide bonds. The van der Waals surface area contributed by atoms with E-state index < -0.39 is 12.0 Å². The van der Waals surface area contributed by atoms with Crippen LogP contribution in [-0.4, -0.2) is 16.1 Å². The summed E-state index contributed by atoms with van der Waals surface area (Å²) in [6.45, 7) is 0. The first kappa shape index (κ1) is 20.8. The van der Waals surface area contributed by atoms with E-state index in [9.17, 15) is 23.8 Å². The van der Waals surface area contributed by atoms with Gasteiger partial charge in [-0.25, -0.2) is 8.78 Å². The Kier molecular flexibility index (Phi) is 5.82. The van der Waals surface area contributed by atoms with Gasteiger partial charge in [-0.1, -0.05) is 36.4 Å². The van der Waals surface area contributed by atoms with Crippen LogP contribution in [0, 0.1) is 17.6 Å². The number of anilines is 1. The number of aliphatic hydroxyl groups is 1. The van der Waals surface area contributed by atoms with Crippen molar-refractivity contribution >= 4 is 11.6 Å². The zero-order valence-electron chi connectivity index (χ0n) is 16.5. The number of carbonyl (C=O) groups excluding carboxylic acids is 1. The highest BCUT2D eigenvalue weighted by atomic mass is 19.1. The fourth-order valence-corrected chi connectivity index (χ4v) is 3.79. The van der Waals surface area contributed by atoms with Crippen molar-refractivity contribution in [1.29, 1.82) is 0 Å². The molecule has 0 spiro atoms. The molecule has 3 aromatic rings. The average Bonchev–Trinajstić information content (AvgIpc) is 2.77. The van der Waals surface area contributed by atoms with E-state index in [4.69, 9.17) is 0 Å². The monoisotopic (exact) mass is 421 g/mol. The van der Waals surface area contributed by atoms with Crippen LogP contribution in [0.4, 0.5) is 14.5 Å². The highest BCUT2D eigenvalue weighted by molar-refractivity contribution is 6.04. The minimum Gasteiger partial charge on any atom is -0.508 e. The summed E-state index contributed by atoms with van der Waals surface area (Å²) in [5, 5.41) is 19.9. The van der Waals surface area contributed by atoms with Crippen LogP contribution in [0.15, 0.2) is 84.9 Å². The summed E-state index contributed by atoms with van der Waals surface area (Å²) in [5.74, 6) is -1.24. The van der Waals surface area contributed by atoms with Crippen molar-refractivity contribution in [3.63, 3.8) is 0 Å². The van der Waals surface area contributed by atoms with Crippen molar-refractivity contribution in [2.75, 3.05) is 4.90 Å². The molecule has 1 aliphatic heterocycles. The molecule has 3 atom stereocenters. The van der Waals surface area contributed by atoms with Crippen molar-refractivity contribution in [3.05, 3.63) is 108 Å². The molecule has 3 aromatic carbocycles. The van der Waals surface area contributed by atoms with Gasteiger partial charge in [0.15, 0.2) is 0 Å². The lowest BCUT2D eigenvalue weighted by Crippen LogP contribution is -2.54. The second kappa shape index (κ2) is 8.70. The van der Waals surface area contributed by atoms with Gasteiger partial charge >= 0.3 is 0 Å². The Morgan fingerprint density at radius 1 is 0.903 bits per heavy atom. The number of β-lactam (4-membered cyclic amide) rings is 1. The van der Waals surface area contributed by atoms with Crippen LogP contribution in [0.2, 0.25) is 0 Å². The maximum Gasteiger partial charge on any atom is 0.236 e. The molecule has 2 N–H and O–H groups in total. The number of phenols is 1. The molecule has 0 saturated carbocycles. The Morgan fingerprint density at radius 3 is 2.10 bits per heavy atom. The molecule has 0 bridgehead atoms. The smallest absolute Gasteiger partial charge is 0.236 e. The second-order valence-electron chi connectivity index (χ2n) is 7.48. The van der Waals surface area contributed by atoms with E-state index in [-0.39, 0.29) is 35.8 Å². The number of nitrogens with zero attached hydrogens (tertiary/aromatic N) is 1. The van der Waals surface area contributed by atoms with Crippen molar-refractivity contribution in [3.8, 4) is 5.75 Å². The molecular weight excluding hydrogens is 400 g/mol. The first-order valence-electron chi connectivity index (χ1n) is 9.92. The summed E-state index contributed by atoms with van der Waals surface area (Å²) < 4.78 is 26.4. The zero-order chi connectivity index (χ0) is 22.0. The van der Waals surface area contributed by atoms with Crippen LogP contribution in [-0.2, 0) is 4.79 Å². The van der Waals surface area contributed by atoms with Gasteiger partial charge in [-0.15, -0.1) is 0 Å². The van der Waals surface area contributed by atoms with Gasteiger partial charge in [0.1, 0.15) is 17.4 Å². The first-order chi connectivity index (χ1) is 14.9. The lowest BCUT2D eigenvalue weighted by atomic mass is 9.81. The van der Waals surface area contributed by atoms with Gasteiger partial charge in [0.25, 0.3) is 0 Å². The van der Waals surface area contributed by atoms with E-state index in [1.807, 2.05) is 0 Å². The van der Waals surface area contributed by atoms with E-state index in [1.54, 1.807) is 53.5 Å². The Labute approximate surface area is 178 Å². The number of hydrogen-bond donors (Lipinski definition) is 2. The summed E-state index contributed by atoms with van der Waals surface area (Å²) in [5.41, 5.74) is 2.00. The van der Waals surface area contributed by atoms with Crippen LogP contribution >= 0.6 is 0 Å². The molecule has 4 rings (SSSR count). The Morgan fingerprint density at radius 2 is 1.48 bits per heavy atom. The molecule has 4 nitrogen and oxygen atoms in total. The molecule has 1 heterocycles. The fourth-order valence-electron chi connectivity index (χ4n) is 3.79. The summed E-state index contributed by atoms with van der Waals surface area (Å²) >= 11 is 0. The zero-order valence-corrected chi connectivity index (χ0v) is 16.5. The molecule has 0 unspecified atom stereocenters. The predicted molar refractivity (Wildman–Crippen MR) is 113 cm³/mol. The molecule has 1 saturated heterocycles. The number of phenolic OH excluding ortho intramolecular Hbond substituents is 1. The molecule has 0 aromatic heterocycles. The van der Waals surface area contributed by atoms with Gasteiger partial charge in [-0.3, -0.25) is 4.79 Å². The molecule has 6 heteroatoms.